The van der Waals surface area contributed by atoms with Gasteiger partial charge in [0, 0.05) is 37.4 Å². The van der Waals surface area contributed by atoms with Crippen molar-refractivity contribution in [2.24, 2.45) is 5.73 Å². The van der Waals surface area contributed by atoms with E-state index in [1.54, 1.807) is 29.2 Å². The van der Waals surface area contributed by atoms with Crippen LogP contribution in [0.15, 0.2) is 48.5 Å². The van der Waals surface area contributed by atoms with Crippen LogP contribution < -0.4 is 10.6 Å². The second-order valence-corrected chi connectivity index (χ2v) is 6.09. The molecule has 1 aliphatic rings. The fourth-order valence-corrected chi connectivity index (χ4v) is 2.98. The third-order valence-corrected chi connectivity index (χ3v) is 4.39. The van der Waals surface area contributed by atoms with Crippen LogP contribution in [0.25, 0.3) is 0 Å². The third kappa shape index (κ3) is 4.15. The normalized spacial score (nSPS) is 14.4. The lowest BCUT2D eigenvalue weighted by Gasteiger charge is -2.36. The number of nitrogens with two attached hydrogens (primary N) is 1. The molecule has 2 aromatic carbocycles. The third-order valence-electron chi connectivity index (χ3n) is 4.39. The van der Waals surface area contributed by atoms with E-state index in [9.17, 15) is 14.0 Å². The molecule has 1 fully saturated rings. The van der Waals surface area contributed by atoms with Gasteiger partial charge in [0.25, 0.3) is 0 Å². The SMILES string of the molecule is NC(=O)c1ccc(N2CCN(C(=O)Cc3cccc(F)c3)CC2)cc1. The van der Waals surface area contributed by atoms with E-state index in [0.29, 0.717) is 37.3 Å². The molecule has 2 amide bonds. The molecule has 0 aliphatic carbocycles. The van der Waals surface area contributed by atoms with E-state index in [4.69, 9.17) is 5.73 Å². The van der Waals surface area contributed by atoms with Crippen LogP contribution in [0.3, 0.4) is 0 Å². The Hall–Kier alpha value is -2.89. The lowest BCUT2D eigenvalue weighted by Crippen LogP contribution is -2.49. The maximum atomic E-state index is 13.2. The zero-order valence-corrected chi connectivity index (χ0v) is 13.8. The fourth-order valence-electron chi connectivity index (χ4n) is 2.98. The number of anilines is 1. The lowest BCUT2D eigenvalue weighted by atomic mass is 10.1. The van der Waals surface area contributed by atoms with Gasteiger partial charge in [-0.05, 0) is 42.0 Å². The van der Waals surface area contributed by atoms with Gasteiger partial charge in [0.2, 0.25) is 11.8 Å². The zero-order valence-electron chi connectivity index (χ0n) is 13.8. The summed E-state index contributed by atoms with van der Waals surface area (Å²) in [5, 5.41) is 0. The summed E-state index contributed by atoms with van der Waals surface area (Å²) < 4.78 is 13.2. The summed E-state index contributed by atoms with van der Waals surface area (Å²) in [6.45, 7) is 2.66. The number of carbonyl (C=O) groups is 2. The molecule has 2 N–H and O–H groups in total. The second-order valence-electron chi connectivity index (χ2n) is 6.09. The molecule has 1 aliphatic heterocycles. The minimum absolute atomic E-state index is 0.00864. The first kappa shape index (κ1) is 17.0. The summed E-state index contributed by atoms with van der Waals surface area (Å²) in [5.74, 6) is -0.761. The number of nitrogens with zero attached hydrogens (tertiary/aromatic N) is 2. The van der Waals surface area contributed by atoms with E-state index < -0.39 is 5.91 Å². The number of hydrogen-bond donors (Lipinski definition) is 1. The minimum Gasteiger partial charge on any atom is -0.368 e. The highest BCUT2D eigenvalue weighted by Gasteiger charge is 2.21. The largest absolute Gasteiger partial charge is 0.368 e. The van der Waals surface area contributed by atoms with E-state index >= 15 is 0 Å². The number of halogens is 1. The molecule has 0 bridgehead atoms. The molecule has 1 heterocycles. The van der Waals surface area contributed by atoms with Crippen molar-refractivity contribution in [2.75, 3.05) is 31.1 Å². The van der Waals surface area contributed by atoms with Gasteiger partial charge in [-0.2, -0.15) is 0 Å². The topological polar surface area (TPSA) is 66.6 Å². The van der Waals surface area contributed by atoms with E-state index in [2.05, 4.69) is 4.90 Å². The van der Waals surface area contributed by atoms with Crippen LogP contribution in [-0.4, -0.2) is 42.9 Å². The van der Waals surface area contributed by atoms with Crippen molar-refractivity contribution in [3.63, 3.8) is 0 Å². The highest BCUT2D eigenvalue weighted by molar-refractivity contribution is 5.93. The molecule has 1 saturated heterocycles. The molecular weight excluding hydrogens is 321 g/mol. The molecular formula is C19H20FN3O2. The molecule has 3 rings (SSSR count). The molecule has 0 spiro atoms. The molecule has 0 saturated carbocycles. The summed E-state index contributed by atoms with van der Waals surface area (Å²) >= 11 is 0. The first-order valence-electron chi connectivity index (χ1n) is 8.20. The quantitative estimate of drug-likeness (QED) is 0.922. The summed E-state index contributed by atoms with van der Waals surface area (Å²) in [4.78, 5) is 27.5. The Morgan fingerprint density at radius 1 is 1.00 bits per heavy atom. The van der Waals surface area contributed by atoms with Crippen molar-refractivity contribution in [2.45, 2.75) is 6.42 Å². The van der Waals surface area contributed by atoms with Gasteiger partial charge < -0.3 is 15.5 Å². The molecule has 2 aromatic rings. The van der Waals surface area contributed by atoms with E-state index in [-0.39, 0.29) is 18.1 Å². The molecule has 6 heteroatoms. The van der Waals surface area contributed by atoms with Crippen molar-refractivity contribution >= 4 is 17.5 Å². The van der Waals surface area contributed by atoms with E-state index in [0.717, 1.165) is 5.69 Å². The smallest absolute Gasteiger partial charge is 0.248 e. The molecule has 130 valence electrons. The monoisotopic (exact) mass is 341 g/mol. The molecule has 0 atom stereocenters. The average Bonchev–Trinajstić information content (AvgIpc) is 2.62. The Morgan fingerprint density at radius 3 is 2.28 bits per heavy atom. The van der Waals surface area contributed by atoms with Crippen LogP contribution in [0.4, 0.5) is 10.1 Å². The predicted molar refractivity (Wildman–Crippen MR) is 93.9 cm³/mol. The zero-order chi connectivity index (χ0) is 17.8. The number of rotatable bonds is 4. The van der Waals surface area contributed by atoms with Crippen molar-refractivity contribution in [1.29, 1.82) is 0 Å². The van der Waals surface area contributed by atoms with Crippen LogP contribution in [0.2, 0.25) is 0 Å². The van der Waals surface area contributed by atoms with Gasteiger partial charge in [-0.25, -0.2) is 4.39 Å². The van der Waals surface area contributed by atoms with Gasteiger partial charge in [-0.3, -0.25) is 9.59 Å². The maximum Gasteiger partial charge on any atom is 0.248 e. The second kappa shape index (κ2) is 7.34. The number of amides is 2. The summed E-state index contributed by atoms with van der Waals surface area (Å²) in [6.07, 6.45) is 0.213. The summed E-state index contributed by atoms with van der Waals surface area (Å²) in [6, 6.07) is 13.3. The first-order chi connectivity index (χ1) is 12.0. The van der Waals surface area contributed by atoms with E-state index in [1.165, 1.54) is 12.1 Å². The Balaban J connectivity index is 1.56. The van der Waals surface area contributed by atoms with Gasteiger partial charge in [0.15, 0.2) is 0 Å². The van der Waals surface area contributed by atoms with Crippen LogP contribution >= 0.6 is 0 Å². The number of hydrogen-bond acceptors (Lipinski definition) is 3. The molecule has 5 nitrogen and oxygen atoms in total. The minimum atomic E-state index is -0.445. The maximum absolute atomic E-state index is 13.2. The average molecular weight is 341 g/mol. The molecule has 0 unspecified atom stereocenters. The molecule has 0 aromatic heterocycles. The van der Waals surface area contributed by atoms with Crippen molar-refractivity contribution < 1.29 is 14.0 Å². The van der Waals surface area contributed by atoms with Gasteiger partial charge in [-0.1, -0.05) is 12.1 Å². The lowest BCUT2D eigenvalue weighted by molar-refractivity contribution is -0.130. The Morgan fingerprint density at radius 2 is 1.68 bits per heavy atom. The van der Waals surface area contributed by atoms with Crippen molar-refractivity contribution in [1.82, 2.24) is 4.90 Å². The van der Waals surface area contributed by atoms with Crippen molar-refractivity contribution in [3.8, 4) is 0 Å². The van der Waals surface area contributed by atoms with Crippen LogP contribution in [0.1, 0.15) is 15.9 Å². The predicted octanol–water partition coefficient (Wildman–Crippen LogP) is 1.82. The van der Waals surface area contributed by atoms with Gasteiger partial charge in [-0.15, -0.1) is 0 Å². The Kier molecular flexibility index (Phi) is 4.97. The Bertz CT molecular complexity index is 768. The van der Waals surface area contributed by atoms with Gasteiger partial charge >= 0.3 is 0 Å². The standard InChI is InChI=1S/C19H20FN3O2/c20-16-3-1-2-14(12-16)13-18(24)23-10-8-22(9-11-23)17-6-4-15(5-7-17)19(21)25/h1-7,12H,8-11,13H2,(H2,21,25). The van der Waals surface area contributed by atoms with Crippen molar-refractivity contribution in [3.05, 3.63) is 65.5 Å². The first-order valence-corrected chi connectivity index (χ1v) is 8.20. The van der Waals surface area contributed by atoms with Crippen LogP contribution in [0, 0.1) is 5.82 Å². The van der Waals surface area contributed by atoms with Gasteiger partial charge in [0.1, 0.15) is 5.82 Å². The highest BCUT2D eigenvalue weighted by atomic mass is 19.1. The number of piperazine rings is 1. The molecule has 25 heavy (non-hydrogen) atoms. The highest BCUT2D eigenvalue weighted by Crippen LogP contribution is 2.18. The van der Waals surface area contributed by atoms with E-state index in [1.807, 2.05) is 12.1 Å². The van der Waals surface area contributed by atoms with Crippen LogP contribution in [-0.2, 0) is 11.2 Å². The fraction of sp³-hybridized carbons (Fsp3) is 0.263. The molecule has 0 radical (unpaired) electrons. The van der Waals surface area contributed by atoms with Crippen LogP contribution in [0.5, 0.6) is 0 Å². The summed E-state index contributed by atoms with van der Waals surface area (Å²) in [5.41, 5.74) is 7.42. The number of benzene rings is 2. The number of primary amides is 1. The van der Waals surface area contributed by atoms with Gasteiger partial charge in [0.05, 0.1) is 6.42 Å². The Labute approximate surface area is 145 Å². The summed E-state index contributed by atoms with van der Waals surface area (Å²) in [7, 11) is 0. The number of carbonyl (C=O) groups excluding carboxylic acids is 2.